The number of carbonyl (C=O) groups is 3. The molecule has 1 saturated heterocycles. The minimum atomic E-state index is -0.175. The average Bonchev–Trinajstić information content (AvgIpc) is 3.45. The molecule has 248 valence electrons. The molecule has 0 unspecified atom stereocenters. The predicted molar refractivity (Wildman–Crippen MR) is 185 cm³/mol. The first-order valence-corrected chi connectivity index (χ1v) is 17.6. The number of esters is 1. The number of thiazole rings is 1. The molecule has 8 nitrogen and oxygen atoms in total. The van der Waals surface area contributed by atoms with E-state index in [-0.39, 0.29) is 30.3 Å². The van der Waals surface area contributed by atoms with E-state index in [1.807, 2.05) is 69.2 Å². The fraction of sp³-hybridized carbons (Fsp3) is 0.514. The second-order valence-electron chi connectivity index (χ2n) is 12.3. The lowest BCUT2D eigenvalue weighted by Crippen LogP contribution is -2.42. The van der Waals surface area contributed by atoms with Gasteiger partial charge in [0.15, 0.2) is 0 Å². The normalized spacial score (nSPS) is 13.8. The fourth-order valence-electron chi connectivity index (χ4n) is 5.80. The molecular formula is C37H50N4O4S. The molecule has 9 heteroatoms. The molecule has 2 heterocycles. The van der Waals surface area contributed by atoms with Crippen LogP contribution in [0.2, 0.25) is 0 Å². The maximum Gasteiger partial charge on any atom is 0.310 e. The highest BCUT2D eigenvalue weighted by Gasteiger charge is 2.23. The van der Waals surface area contributed by atoms with E-state index in [1.165, 1.54) is 11.3 Å². The van der Waals surface area contributed by atoms with Crippen molar-refractivity contribution in [3.63, 3.8) is 0 Å². The van der Waals surface area contributed by atoms with E-state index >= 15 is 0 Å². The lowest BCUT2D eigenvalue weighted by atomic mass is 9.98. The lowest BCUT2D eigenvalue weighted by Gasteiger charge is -2.32. The van der Waals surface area contributed by atoms with Crippen LogP contribution in [0.4, 0.5) is 0 Å². The van der Waals surface area contributed by atoms with Crippen LogP contribution in [0.1, 0.15) is 77.8 Å². The highest BCUT2D eigenvalue weighted by Crippen LogP contribution is 2.25. The van der Waals surface area contributed by atoms with Crippen LogP contribution in [0.3, 0.4) is 0 Å². The van der Waals surface area contributed by atoms with Crippen LogP contribution in [0, 0.1) is 6.92 Å². The number of unbranched alkanes of at least 4 members (excludes halogenated alkanes) is 3. The number of likely N-dealkylation sites (tertiary alicyclic amines) is 1. The standard InChI is InChI=1S/C37H50N4O4S/c1-5-39(3)37(44)36-28(2)38-33(46-36)19-11-6-7-12-20-34(42)40(4)25-26-41-23-21-31(22-24-41)45-35(43)27-30-17-13-14-18-32(30)29-15-9-8-10-16-29/h8-10,13-18,31H,5-7,11-12,19-27H2,1-4H3. The Labute approximate surface area is 278 Å². The number of ether oxygens (including phenoxy) is 1. The van der Waals surface area contributed by atoms with Crippen molar-refractivity contribution < 1.29 is 19.1 Å². The van der Waals surface area contributed by atoms with Gasteiger partial charge in [0.1, 0.15) is 11.0 Å². The van der Waals surface area contributed by atoms with Gasteiger partial charge in [-0.25, -0.2) is 4.98 Å². The Morgan fingerprint density at radius 2 is 1.63 bits per heavy atom. The van der Waals surface area contributed by atoms with Crippen molar-refractivity contribution in [2.24, 2.45) is 0 Å². The van der Waals surface area contributed by atoms with Gasteiger partial charge in [-0.1, -0.05) is 67.4 Å². The Morgan fingerprint density at radius 3 is 2.37 bits per heavy atom. The number of hydrogen-bond acceptors (Lipinski definition) is 7. The van der Waals surface area contributed by atoms with Crippen molar-refractivity contribution in [3.05, 3.63) is 75.7 Å². The molecule has 0 radical (unpaired) electrons. The zero-order valence-electron chi connectivity index (χ0n) is 28.0. The van der Waals surface area contributed by atoms with E-state index in [2.05, 4.69) is 28.1 Å². The molecule has 4 rings (SSSR count). The first-order chi connectivity index (χ1) is 22.2. The Morgan fingerprint density at radius 1 is 0.935 bits per heavy atom. The van der Waals surface area contributed by atoms with Gasteiger partial charge in [0.2, 0.25) is 5.91 Å². The second-order valence-corrected chi connectivity index (χ2v) is 13.4. The van der Waals surface area contributed by atoms with Crippen molar-refractivity contribution in [3.8, 4) is 11.1 Å². The molecule has 1 fully saturated rings. The number of benzene rings is 2. The largest absolute Gasteiger partial charge is 0.462 e. The minimum absolute atomic E-state index is 0.0499. The third-order valence-electron chi connectivity index (χ3n) is 8.83. The van der Waals surface area contributed by atoms with Crippen LogP contribution in [0.25, 0.3) is 11.1 Å². The summed E-state index contributed by atoms with van der Waals surface area (Å²) in [4.78, 5) is 49.3. The third kappa shape index (κ3) is 10.5. The Balaban J connectivity index is 1.07. The van der Waals surface area contributed by atoms with Crippen molar-refractivity contribution in [2.45, 2.75) is 77.7 Å². The summed E-state index contributed by atoms with van der Waals surface area (Å²) in [7, 11) is 3.71. The molecule has 1 aromatic heterocycles. The van der Waals surface area contributed by atoms with Crippen LogP contribution < -0.4 is 0 Å². The quantitative estimate of drug-likeness (QED) is 0.132. The van der Waals surface area contributed by atoms with Gasteiger partial charge < -0.3 is 19.4 Å². The van der Waals surface area contributed by atoms with Crippen molar-refractivity contribution in [2.75, 3.05) is 46.8 Å². The van der Waals surface area contributed by atoms with Gasteiger partial charge in [-0.15, -0.1) is 11.3 Å². The third-order valence-corrected chi connectivity index (χ3v) is 10.0. The van der Waals surface area contributed by atoms with Gasteiger partial charge in [0.25, 0.3) is 5.91 Å². The van der Waals surface area contributed by atoms with Gasteiger partial charge in [0, 0.05) is 53.2 Å². The van der Waals surface area contributed by atoms with E-state index in [4.69, 9.17) is 4.74 Å². The molecule has 0 spiro atoms. The summed E-state index contributed by atoms with van der Waals surface area (Å²) >= 11 is 1.51. The van der Waals surface area contributed by atoms with Gasteiger partial charge in [-0.2, -0.15) is 0 Å². The lowest BCUT2D eigenvalue weighted by molar-refractivity contribution is -0.150. The number of hydrogen-bond donors (Lipinski definition) is 0. The molecule has 0 aliphatic carbocycles. The van der Waals surface area contributed by atoms with E-state index in [0.717, 1.165) is 96.8 Å². The number of carbonyl (C=O) groups excluding carboxylic acids is 3. The van der Waals surface area contributed by atoms with Gasteiger partial charge in [0.05, 0.1) is 17.1 Å². The molecule has 0 N–H and O–H groups in total. The number of aryl methyl sites for hydroxylation is 2. The number of likely N-dealkylation sites (N-methyl/N-ethyl adjacent to an activating group) is 1. The smallest absolute Gasteiger partial charge is 0.310 e. The molecule has 1 aliphatic rings. The zero-order chi connectivity index (χ0) is 32.9. The van der Waals surface area contributed by atoms with Gasteiger partial charge in [-0.3, -0.25) is 14.4 Å². The van der Waals surface area contributed by atoms with Crippen LogP contribution >= 0.6 is 11.3 Å². The maximum absolute atomic E-state index is 12.8. The predicted octanol–water partition coefficient (Wildman–Crippen LogP) is 6.41. The van der Waals surface area contributed by atoms with Crippen molar-refractivity contribution in [1.29, 1.82) is 0 Å². The summed E-state index contributed by atoms with van der Waals surface area (Å²) in [5, 5.41) is 1.02. The number of aromatic nitrogens is 1. The number of piperidine rings is 1. The summed E-state index contributed by atoms with van der Waals surface area (Å²) in [6.07, 6.45) is 7.25. The summed E-state index contributed by atoms with van der Waals surface area (Å²) in [6.45, 7) is 7.83. The highest BCUT2D eigenvalue weighted by molar-refractivity contribution is 7.13. The molecule has 3 aromatic rings. The van der Waals surface area contributed by atoms with Crippen LogP contribution in [-0.4, -0.2) is 90.4 Å². The van der Waals surface area contributed by atoms with Crippen LogP contribution in [0.15, 0.2) is 54.6 Å². The van der Waals surface area contributed by atoms with Gasteiger partial charge in [-0.05, 0) is 62.6 Å². The summed E-state index contributed by atoms with van der Waals surface area (Å²) < 4.78 is 5.88. The second kappa shape index (κ2) is 18.0. The number of rotatable bonds is 16. The van der Waals surface area contributed by atoms with Crippen molar-refractivity contribution >= 4 is 29.1 Å². The van der Waals surface area contributed by atoms with E-state index < -0.39 is 0 Å². The molecule has 2 aromatic carbocycles. The first kappa shape index (κ1) is 35.3. The van der Waals surface area contributed by atoms with Gasteiger partial charge >= 0.3 is 5.97 Å². The molecule has 0 saturated carbocycles. The topological polar surface area (TPSA) is 83.0 Å². The Hall–Kier alpha value is -3.56. The number of nitrogens with zero attached hydrogens (tertiary/aromatic N) is 4. The number of amides is 2. The molecule has 46 heavy (non-hydrogen) atoms. The average molecular weight is 647 g/mol. The molecular weight excluding hydrogens is 596 g/mol. The molecule has 2 amide bonds. The Kier molecular flexibility index (Phi) is 13.8. The van der Waals surface area contributed by atoms with E-state index in [1.54, 1.807) is 4.90 Å². The van der Waals surface area contributed by atoms with Crippen molar-refractivity contribution in [1.82, 2.24) is 19.7 Å². The van der Waals surface area contributed by atoms with Crippen LogP contribution in [-0.2, 0) is 27.2 Å². The summed E-state index contributed by atoms with van der Waals surface area (Å²) in [6, 6.07) is 18.2. The molecule has 0 bridgehead atoms. The Bertz CT molecular complexity index is 1420. The summed E-state index contributed by atoms with van der Waals surface area (Å²) in [5.41, 5.74) is 3.98. The monoisotopic (exact) mass is 646 g/mol. The zero-order valence-corrected chi connectivity index (χ0v) is 28.8. The van der Waals surface area contributed by atoms with Crippen LogP contribution in [0.5, 0.6) is 0 Å². The first-order valence-electron chi connectivity index (χ1n) is 16.8. The van der Waals surface area contributed by atoms with E-state index in [0.29, 0.717) is 19.5 Å². The van der Waals surface area contributed by atoms with E-state index in [9.17, 15) is 14.4 Å². The summed E-state index contributed by atoms with van der Waals surface area (Å²) in [5.74, 6) is 0.0683. The fourth-order valence-corrected chi connectivity index (χ4v) is 6.90. The molecule has 1 aliphatic heterocycles. The maximum atomic E-state index is 12.8. The SMILES string of the molecule is CCN(C)C(=O)c1sc(CCCCCCC(=O)N(C)CCN2CCC(OC(=O)Cc3ccccc3-c3ccccc3)CC2)nc1C. The minimum Gasteiger partial charge on any atom is -0.462 e. The molecule has 0 atom stereocenters. The highest BCUT2D eigenvalue weighted by atomic mass is 32.1.